The Balaban J connectivity index is 1.54. The molecule has 0 saturated heterocycles. The quantitative estimate of drug-likeness (QED) is 0.642. The van der Waals surface area contributed by atoms with Crippen LogP contribution in [0.3, 0.4) is 0 Å². The zero-order chi connectivity index (χ0) is 19.0. The maximum Gasteiger partial charge on any atom is 0.276 e. The van der Waals surface area contributed by atoms with Gasteiger partial charge in [0.25, 0.3) is 5.91 Å². The predicted molar refractivity (Wildman–Crippen MR) is 96.4 cm³/mol. The first-order chi connectivity index (χ1) is 13.0. The minimum Gasteiger partial charge on any atom is -0.471 e. The van der Waals surface area contributed by atoms with Crippen LogP contribution in [0.5, 0.6) is 5.88 Å². The molecule has 1 aliphatic rings. The van der Waals surface area contributed by atoms with Gasteiger partial charge in [0, 0.05) is 18.8 Å². The summed E-state index contributed by atoms with van der Waals surface area (Å²) >= 11 is 5.80. The molecular formula is C18H15ClFN5O2. The van der Waals surface area contributed by atoms with E-state index in [0.717, 1.165) is 0 Å². The Morgan fingerprint density at radius 2 is 2.11 bits per heavy atom. The molecule has 1 atom stereocenters. The van der Waals surface area contributed by atoms with E-state index in [2.05, 4.69) is 15.1 Å². The maximum absolute atomic E-state index is 13.1. The van der Waals surface area contributed by atoms with Crippen molar-refractivity contribution in [2.24, 2.45) is 0 Å². The van der Waals surface area contributed by atoms with Crippen molar-refractivity contribution in [1.29, 1.82) is 0 Å². The molecule has 1 amide bonds. The monoisotopic (exact) mass is 387 g/mol. The normalized spacial score (nSPS) is 16.3. The van der Waals surface area contributed by atoms with E-state index in [1.807, 2.05) is 6.92 Å². The third-order valence-electron chi connectivity index (χ3n) is 4.21. The summed E-state index contributed by atoms with van der Waals surface area (Å²) in [5, 5.41) is 4.99. The van der Waals surface area contributed by atoms with Gasteiger partial charge in [-0.2, -0.15) is 9.49 Å². The molecule has 4 heterocycles. The zero-order valence-corrected chi connectivity index (χ0v) is 15.1. The van der Waals surface area contributed by atoms with Crippen molar-refractivity contribution in [3.63, 3.8) is 0 Å². The number of carbonyl (C=O) groups is 1. The van der Waals surface area contributed by atoms with E-state index >= 15 is 0 Å². The summed E-state index contributed by atoms with van der Waals surface area (Å²) in [6.45, 7) is 2.55. The van der Waals surface area contributed by atoms with Crippen LogP contribution in [0.1, 0.15) is 29.1 Å². The molecule has 9 heteroatoms. The van der Waals surface area contributed by atoms with E-state index in [-0.39, 0.29) is 18.6 Å². The summed E-state index contributed by atoms with van der Waals surface area (Å²) in [6, 6.07) is 7.76. The lowest BCUT2D eigenvalue weighted by Crippen LogP contribution is -2.42. The zero-order valence-electron chi connectivity index (χ0n) is 14.3. The first kappa shape index (κ1) is 17.4. The molecule has 0 saturated carbocycles. The summed E-state index contributed by atoms with van der Waals surface area (Å²) in [7, 11) is 0. The van der Waals surface area contributed by atoms with Crippen molar-refractivity contribution in [3.8, 4) is 5.88 Å². The molecule has 27 heavy (non-hydrogen) atoms. The first-order valence-corrected chi connectivity index (χ1v) is 8.65. The Bertz CT molecular complexity index is 974. The fourth-order valence-corrected chi connectivity index (χ4v) is 3.03. The van der Waals surface area contributed by atoms with Gasteiger partial charge in [-0.1, -0.05) is 11.6 Å². The highest BCUT2D eigenvalue weighted by molar-refractivity contribution is 6.30. The molecule has 138 valence electrons. The lowest BCUT2D eigenvalue weighted by Gasteiger charge is -2.31. The number of anilines is 1. The van der Waals surface area contributed by atoms with Crippen LogP contribution in [-0.4, -0.2) is 32.2 Å². The van der Waals surface area contributed by atoms with Crippen molar-refractivity contribution in [3.05, 3.63) is 65.1 Å². The molecule has 0 N–H and O–H groups in total. The third-order valence-corrected chi connectivity index (χ3v) is 4.43. The van der Waals surface area contributed by atoms with Crippen molar-refractivity contribution in [2.45, 2.75) is 19.6 Å². The van der Waals surface area contributed by atoms with Gasteiger partial charge >= 0.3 is 0 Å². The molecule has 7 nitrogen and oxygen atoms in total. The molecule has 4 rings (SSSR count). The molecule has 3 aromatic rings. The molecule has 0 fully saturated rings. The lowest BCUT2D eigenvalue weighted by molar-refractivity contribution is 0.0953. The molecular weight excluding hydrogens is 373 g/mol. The van der Waals surface area contributed by atoms with Crippen LogP contribution in [0.25, 0.3) is 0 Å². The molecule has 0 unspecified atom stereocenters. The summed E-state index contributed by atoms with van der Waals surface area (Å²) in [6.07, 6.45) is 2.84. The minimum atomic E-state index is -0.587. The summed E-state index contributed by atoms with van der Waals surface area (Å²) in [5.41, 5.74) is 1.60. The van der Waals surface area contributed by atoms with Gasteiger partial charge in [-0.05, 0) is 31.2 Å². The van der Waals surface area contributed by atoms with Gasteiger partial charge in [0.2, 0.25) is 11.8 Å². The van der Waals surface area contributed by atoms with Gasteiger partial charge in [-0.3, -0.25) is 9.48 Å². The fraction of sp³-hybridized carbons (Fsp3) is 0.222. The first-order valence-electron chi connectivity index (χ1n) is 8.27. The summed E-state index contributed by atoms with van der Waals surface area (Å²) < 4.78 is 20.3. The Hall–Kier alpha value is -3.00. The SMILES string of the molecule is C[C@@H]1CN(c2ccc(F)nc2)C(=O)c2cc(COc3ccc(Cl)cn3)nn21. The molecule has 1 aliphatic heterocycles. The smallest absolute Gasteiger partial charge is 0.276 e. The minimum absolute atomic E-state index is 0.0508. The number of aromatic nitrogens is 4. The highest BCUT2D eigenvalue weighted by Crippen LogP contribution is 2.26. The second-order valence-corrected chi connectivity index (χ2v) is 6.61. The number of ether oxygens (including phenoxy) is 1. The van der Waals surface area contributed by atoms with Crippen LogP contribution in [-0.2, 0) is 6.61 Å². The van der Waals surface area contributed by atoms with E-state index in [4.69, 9.17) is 16.3 Å². The predicted octanol–water partition coefficient (Wildman–Crippen LogP) is 3.27. The van der Waals surface area contributed by atoms with Crippen molar-refractivity contribution < 1.29 is 13.9 Å². The van der Waals surface area contributed by atoms with E-state index in [1.165, 1.54) is 24.5 Å². The van der Waals surface area contributed by atoms with Crippen LogP contribution in [0.15, 0.2) is 42.7 Å². The fourth-order valence-electron chi connectivity index (χ4n) is 2.92. The van der Waals surface area contributed by atoms with Gasteiger partial charge in [-0.15, -0.1) is 0 Å². The number of nitrogens with zero attached hydrogens (tertiary/aromatic N) is 5. The van der Waals surface area contributed by atoms with Crippen molar-refractivity contribution >= 4 is 23.2 Å². The summed E-state index contributed by atoms with van der Waals surface area (Å²) in [4.78, 5) is 22.1. The molecule has 0 radical (unpaired) electrons. The van der Waals surface area contributed by atoms with Gasteiger partial charge < -0.3 is 9.64 Å². The maximum atomic E-state index is 13.1. The molecule has 0 spiro atoms. The van der Waals surface area contributed by atoms with Crippen LogP contribution >= 0.6 is 11.6 Å². The van der Waals surface area contributed by atoms with Gasteiger partial charge in [-0.25, -0.2) is 9.97 Å². The van der Waals surface area contributed by atoms with Crippen molar-refractivity contribution in [2.75, 3.05) is 11.4 Å². The van der Waals surface area contributed by atoms with Gasteiger partial charge in [0.15, 0.2) is 0 Å². The number of fused-ring (bicyclic) bond motifs is 1. The number of hydrogen-bond acceptors (Lipinski definition) is 5. The Labute approximate surface area is 159 Å². The van der Waals surface area contributed by atoms with Crippen LogP contribution < -0.4 is 9.64 Å². The van der Waals surface area contributed by atoms with E-state index in [1.54, 1.807) is 27.8 Å². The Morgan fingerprint density at radius 1 is 1.26 bits per heavy atom. The number of amides is 1. The Kier molecular flexibility index (Phi) is 4.49. The average Bonchev–Trinajstić information content (AvgIpc) is 3.10. The number of pyridine rings is 2. The van der Waals surface area contributed by atoms with E-state index in [0.29, 0.717) is 34.5 Å². The standard InChI is InChI=1S/C18H15ClFN5O2/c1-11-9-24(14-3-4-16(20)21-8-14)18(26)15-6-13(23-25(11)15)10-27-17-5-2-12(19)7-22-17/h2-8,11H,9-10H2,1H3/t11-/m1/s1. The number of hydrogen-bond donors (Lipinski definition) is 0. The highest BCUT2D eigenvalue weighted by atomic mass is 35.5. The molecule has 0 aromatic carbocycles. The van der Waals surface area contributed by atoms with Crippen LogP contribution in [0.2, 0.25) is 5.02 Å². The third kappa shape index (κ3) is 3.48. The van der Waals surface area contributed by atoms with Crippen LogP contribution in [0.4, 0.5) is 10.1 Å². The van der Waals surface area contributed by atoms with Crippen LogP contribution in [0, 0.1) is 5.95 Å². The second kappa shape index (κ2) is 6.96. The number of rotatable bonds is 4. The van der Waals surface area contributed by atoms with Gasteiger partial charge in [0.05, 0.1) is 22.9 Å². The second-order valence-electron chi connectivity index (χ2n) is 6.17. The highest BCUT2D eigenvalue weighted by Gasteiger charge is 2.31. The lowest BCUT2D eigenvalue weighted by atomic mass is 10.2. The molecule has 3 aromatic heterocycles. The topological polar surface area (TPSA) is 73.1 Å². The Morgan fingerprint density at radius 3 is 2.81 bits per heavy atom. The molecule has 0 aliphatic carbocycles. The van der Waals surface area contributed by atoms with Gasteiger partial charge in [0.1, 0.15) is 18.0 Å². The number of halogens is 2. The van der Waals surface area contributed by atoms with Crippen molar-refractivity contribution in [1.82, 2.24) is 19.7 Å². The average molecular weight is 388 g/mol. The van der Waals surface area contributed by atoms with E-state index < -0.39 is 5.95 Å². The molecule has 0 bridgehead atoms. The number of carbonyl (C=O) groups excluding carboxylic acids is 1. The summed E-state index contributed by atoms with van der Waals surface area (Å²) in [5.74, 6) is -0.384. The largest absolute Gasteiger partial charge is 0.471 e. The van der Waals surface area contributed by atoms with E-state index in [9.17, 15) is 9.18 Å².